The van der Waals surface area contributed by atoms with Gasteiger partial charge in [0.15, 0.2) is 0 Å². The predicted octanol–water partition coefficient (Wildman–Crippen LogP) is 3.20. The van der Waals surface area contributed by atoms with E-state index in [0.717, 1.165) is 17.3 Å². The topological polar surface area (TPSA) is 12.0 Å². The van der Waals surface area contributed by atoms with Gasteiger partial charge in [-0.05, 0) is 49.5 Å². The van der Waals surface area contributed by atoms with E-state index in [9.17, 15) is 0 Å². The average molecular weight is 195 g/mol. The van der Waals surface area contributed by atoms with Gasteiger partial charge in [0, 0.05) is 6.54 Å². The summed E-state index contributed by atoms with van der Waals surface area (Å²) in [7, 11) is 0. The summed E-state index contributed by atoms with van der Waals surface area (Å²) in [6, 6.07) is 0. The van der Waals surface area contributed by atoms with Gasteiger partial charge in [0.25, 0.3) is 0 Å². The highest BCUT2D eigenvalue weighted by atomic mass is 14.9. The molecule has 2 saturated carbocycles. The van der Waals surface area contributed by atoms with Crippen LogP contribution < -0.4 is 5.32 Å². The highest BCUT2D eigenvalue weighted by molar-refractivity contribution is 5.00. The second kappa shape index (κ2) is 4.22. The van der Waals surface area contributed by atoms with Crippen molar-refractivity contribution in [3.63, 3.8) is 0 Å². The van der Waals surface area contributed by atoms with Gasteiger partial charge in [0.1, 0.15) is 0 Å². The van der Waals surface area contributed by atoms with E-state index in [4.69, 9.17) is 0 Å². The van der Waals surface area contributed by atoms with Gasteiger partial charge in [-0.25, -0.2) is 0 Å². The molecule has 1 heteroatoms. The zero-order valence-electron chi connectivity index (χ0n) is 9.81. The van der Waals surface area contributed by atoms with E-state index in [1.807, 2.05) is 0 Å². The van der Waals surface area contributed by atoms with Gasteiger partial charge in [-0.15, -0.1) is 0 Å². The van der Waals surface area contributed by atoms with Crippen LogP contribution in [-0.4, -0.2) is 13.1 Å². The summed E-state index contributed by atoms with van der Waals surface area (Å²) in [5.41, 5.74) is 0.757. The molecule has 1 unspecified atom stereocenters. The van der Waals surface area contributed by atoms with E-state index in [-0.39, 0.29) is 0 Å². The van der Waals surface area contributed by atoms with Crippen LogP contribution in [0.4, 0.5) is 0 Å². The maximum atomic E-state index is 3.70. The maximum Gasteiger partial charge on any atom is 0.00106 e. The molecule has 0 amide bonds. The number of hydrogen-bond donors (Lipinski definition) is 1. The predicted molar refractivity (Wildman–Crippen MR) is 61.3 cm³/mol. The normalized spacial score (nSPS) is 27.0. The fourth-order valence-corrected chi connectivity index (χ4v) is 2.77. The molecule has 1 nitrogen and oxygen atoms in total. The third-order valence-electron chi connectivity index (χ3n) is 4.46. The Bertz CT molecular complexity index is 180. The van der Waals surface area contributed by atoms with Crippen molar-refractivity contribution in [1.82, 2.24) is 5.32 Å². The van der Waals surface area contributed by atoms with E-state index in [0.29, 0.717) is 0 Å². The van der Waals surface area contributed by atoms with E-state index < -0.39 is 0 Å². The molecular formula is C13H25N. The third-order valence-corrected chi connectivity index (χ3v) is 4.46. The minimum absolute atomic E-state index is 0.757. The van der Waals surface area contributed by atoms with Crippen molar-refractivity contribution in [3.05, 3.63) is 0 Å². The van der Waals surface area contributed by atoms with Crippen molar-refractivity contribution in [3.8, 4) is 0 Å². The molecule has 0 aliphatic heterocycles. The minimum Gasteiger partial charge on any atom is -0.316 e. The first-order chi connectivity index (χ1) is 6.77. The Morgan fingerprint density at radius 3 is 2.50 bits per heavy atom. The number of nitrogens with one attached hydrogen (secondary N) is 1. The van der Waals surface area contributed by atoms with Gasteiger partial charge in [-0.3, -0.25) is 0 Å². The summed E-state index contributed by atoms with van der Waals surface area (Å²) >= 11 is 0. The molecule has 82 valence electrons. The second-order valence-corrected chi connectivity index (χ2v) is 5.63. The highest BCUT2D eigenvalue weighted by Crippen LogP contribution is 2.56. The van der Waals surface area contributed by atoms with Crippen LogP contribution in [0.5, 0.6) is 0 Å². The zero-order valence-corrected chi connectivity index (χ0v) is 9.81. The van der Waals surface area contributed by atoms with Crippen LogP contribution in [0.25, 0.3) is 0 Å². The van der Waals surface area contributed by atoms with Gasteiger partial charge >= 0.3 is 0 Å². The van der Waals surface area contributed by atoms with Crippen molar-refractivity contribution in [2.75, 3.05) is 13.1 Å². The van der Waals surface area contributed by atoms with Crippen LogP contribution in [0.2, 0.25) is 0 Å². The molecule has 2 fully saturated rings. The molecule has 1 atom stereocenters. The maximum absolute atomic E-state index is 3.70. The van der Waals surface area contributed by atoms with Crippen molar-refractivity contribution in [1.29, 1.82) is 0 Å². The Balaban J connectivity index is 1.68. The molecule has 0 aromatic heterocycles. The van der Waals surface area contributed by atoms with Crippen LogP contribution in [-0.2, 0) is 0 Å². The third kappa shape index (κ3) is 2.13. The van der Waals surface area contributed by atoms with Gasteiger partial charge in [0.05, 0.1) is 0 Å². The minimum atomic E-state index is 0.757. The summed E-state index contributed by atoms with van der Waals surface area (Å²) in [5.74, 6) is 1.95. The summed E-state index contributed by atoms with van der Waals surface area (Å²) < 4.78 is 0. The molecule has 2 rings (SSSR count). The Kier molecular flexibility index (Phi) is 3.16. The molecule has 0 aromatic rings. The van der Waals surface area contributed by atoms with Crippen LogP contribution in [0.3, 0.4) is 0 Å². The second-order valence-electron chi connectivity index (χ2n) is 5.63. The van der Waals surface area contributed by atoms with E-state index in [1.165, 1.54) is 51.6 Å². The van der Waals surface area contributed by atoms with Crippen LogP contribution in [0.1, 0.15) is 52.4 Å². The van der Waals surface area contributed by atoms with Crippen LogP contribution >= 0.6 is 0 Å². The van der Waals surface area contributed by atoms with Gasteiger partial charge in [-0.2, -0.15) is 0 Å². The molecule has 0 radical (unpaired) electrons. The lowest BCUT2D eigenvalue weighted by Crippen LogP contribution is -2.42. The standard InChI is InChI=1S/C13H25N/c1-3-11(2)9-14-10-13(7-4-8-13)12-5-6-12/h11-12,14H,3-10H2,1-2H3. The van der Waals surface area contributed by atoms with Gasteiger partial charge < -0.3 is 5.32 Å². The molecule has 0 heterocycles. The molecule has 0 spiro atoms. The number of hydrogen-bond acceptors (Lipinski definition) is 1. The van der Waals surface area contributed by atoms with Crippen LogP contribution in [0, 0.1) is 17.3 Å². The first-order valence-electron chi connectivity index (χ1n) is 6.47. The first-order valence-corrected chi connectivity index (χ1v) is 6.47. The lowest BCUT2D eigenvalue weighted by Gasteiger charge is -2.43. The highest BCUT2D eigenvalue weighted by Gasteiger charge is 2.48. The Labute approximate surface area is 88.7 Å². The smallest absolute Gasteiger partial charge is 0.00106 e. The number of rotatable bonds is 6. The van der Waals surface area contributed by atoms with Gasteiger partial charge in [-0.1, -0.05) is 26.7 Å². The summed E-state index contributed by atoms with van der Waals surface area (Å²) in [5, 5.41) is 3.70. The lowest BCUT2D eigenvalue weighted by molar-refractivity contribution is 0.0978. The average Bonchev–Trinajstić information content (AvgIpc) is 2.92. The molecule has 0 saturated heterocycles. The van der Waals surface area contributed by atoms with Crippen molar-refractivity contribution in [2.24, 2.45) is 17.3 Å². The lowest BCUT2D eigenvalue weighted by atomic mass is 9.65. The molecular weight excluding hydrogens is 170 g/mol. The van der Waals surface area contributed by atoms with Crippen molar-refractivity contribution >= 4 is 0 Å². The Morgan fingerprint density at radius 2 is 2.07 bits per heavy atom. The SMILES string of the molecule is CCC(C)CNCC1(C2CC2)CCC1. The monoisotopic (exact) mass is 195 g/mol. The fraction of sp³-hybridized carbons (Fsp3) is 1.00. The summed E-state index contributed by atoms with van der Waals surface area (Å²) in [6.07, 6.45) is 8.84. The molecule has 14 heavy (non-hydrogen) atoms. The van der Waals surface area contributed by atoms with Crippen LogP contribution in [0.15, 0.2) is 0 Å². The largest absolute Gasteiger partial charge is 0.316 e. The Hall–Kier alpha value is -0.0400. The summed E-state index contributed by atoms with van der Waals surface area (Å²) in [4.78, 5) is 0. The van der Waals surface area contributed by atoms with Crippen molar-refractivity contribution < 1.29 is 0 Å². The first kappa shape index (κ1) is 10.5. The van der Waals surface area contributed by atoms with E-state index in [1.54, 1.807) is 0 Å². The Morgan fingerprint density at radius 1 is 1.36 bits per heavy atom. The molecule has 2 aliphatic rings. The zero-order chi connectivity index (χ0) is 10.0. The summed E-state index contributed by atoms with van der Waals surface area (Å²) in [6.45, 7) is 7.16. The van der Waals surface area contributed by atoms with E-state index >= 15 is 0 Å². The molecule has 0 bridgehead atoms. The van der Waals surface area contributed by atoms with Crippen molar-refractivity contribution in [2.45, 2.75) is 52.4 Å². The molecule has 2 aliphatic carbocycles. The quantitative estimate of drug-likeness (QED) is 0.686. The van der Waals surface area contributed by atoms with Gasteiger partial charge in [0.2, 0.25) is 0 Å². The molecule has 1 N–H and O–H groups in total. The van der Waals surface area contributed by atoms with E-state index in [2.05, 4.69) is 19.2 Å². The fourth-order valence-electron chi connectivity index (χ4n) is 2.77. The molecule has 0 aromatic carbocycles.